The Labute approximate surface area is 160 Å². The second-order valence-electron chi connectivity index (χ2n) is 6.88. The van der Waals surface area contributed by atoms with Crippen LogP contribution in [-0.2, 0) is 9.53 Å². The number of methoxy groups -OCH3 is 1. The average Bonchev–Trinajstić information content (AvgIpc) is 2.71. The Hall–Kier alpha value is -2.57. The lowest BCUT2D eigenvalue weighted by Crippen LogP contribution is -2.47. The van der Waals surface area contributed by atoms with Crippen LogP contribution in [0.3, 0.4) is 0 Å². The molecule has 27 heavy (non-hydrogen) atoms. The highest BCUT2D eigenvalue weighted by molar-refractivity contribution is 6.03. The van der Waals surface area contributed by atoms with Crippen molar-refractivity contribution in [3.8, 4) is 0 Å². The Morgan fingerprint density at radius 1 is 1.15 bits per heavy atom. The van der Waals surface area contributed by atoms with E-state index in [1.807, 2.05) is 18.7 Å². The summed E-state index contributed by atoms with van der Waals surface area (Å²) < 4.78 is 4.79. The summed E-state index contributed by atoms with van der Waals surface area (Å²) in [5.41, 5.74) is 0.881. The van der Waals surface area contributed by atoms with Crippen LogP contribution in [0.4, 0.5) is 10.5 Å². The minimum atomic E-state index is -0.745. The second kappa shape index (κ2) is 9.94. The molecule has 1 aliphatic heterocycles. The van der Waals surface area contributed by atoms with E-state index in [1.54, 1.807) is 24.3 Å². The van der Waals surface area contributed by atoms with Crippen molar-refractivity contribution in [3.63, 3.8) is 0 Å². The average molecular weight is 375 g/mol. The largest absolute Gasteiger partial charge is 0.467 e. The molecule has 7 heteroatoms. The molecule has 1 aromatic rings. The standard InChI is InChI=1S/C20H29N3O4/c1-4-14(2)17(19(25)27-3)22-20(26)21-16-11-7-6-10-15(16)18(24)23-12-8-5-9-13-23/h6-7,10-11,14,17H,4-5,8-9,12-13H2,1-3H3,(H2,21,22,26)/t14-,17+/m0/s1. The third kappa shape index (κ3) is 5.45. The number of carbonyl (C=O) groups excluding carboxylic acids is 3. The Bertz CT molecular complexity index is 671. The zero-order chi connectivity index (χ0) is 19.8. The number of hydrogen-bond donors (Lipinski definition) is 2. The first-order valence-electron chi connectivity index (χ1n) is 9.51. The second-order valence-corrected chi connectivity index (χ2v) is 6.88. The summed E-state index contributed by atoms with van der Waals surface area (Å²) in [7, 11) is 1.30. The van der Waals surface area contributed by atoms with E-state index < -0.39 is 18.0 Å². The first kappa shape index (κ1) is 20.7. The van der Waals surface area contributed by atoms with Crippen LogP contribution in [0.2, 0.25) is 0 Å². The van der Waals surface area contributed by atoms with Crippen molar-refractivity contribution in [2.45, 2.75) is 45.6 Å². The number of anilines is 1. The number of amides is 3. The number of piperidine rings is 1. The predicted octanol–water partition coefficient (Wildman–Crippen LogP) is 3.02. The highest BCUT2D eigenvalue weighted by atomic mass is 16.5. The monoisotopic (exact) mass is 375 g/mol. The van der Waals surface area contributed by atoms with Crippen LogP contribution in [0, 0.1) is 5.92 Å². The quantitative estimate of drug-likeness (QED) is 0.748. The van der Waals surface area contributed by atoms with E-state index in [0.29, 0.717) is 17.7 Å². The van der Waals surface area contributed by atoms with E-state index in [9.17, 15) is 14.4 Å². The number of ether oxygens (including phenoxy) is 1. The smallest absolute Gasteiger partial charge is 0.328 e. The molecule has 148 valence electrons. The van der Waals surface area contributed by atoms with Gasteiger partial charge in [0.25, 0.3) is 5.91 Å². The van der Waals surface area contributed by atoms with Crippen molar-refractivity contribution in [1.82, 2.24) is 10.2 Å². The van der Waals surface area contributed by atoms with E-state index in [4.69, 9.17) is 4.74 Å². The maximum Gasteiger partial charge on any atom is 0.328 e. The van der Waals surface area contributed by atoms with E-state index in [1.165, 1.54) is 7.11 Å². The lowest BCUT2D eigenvalue weighted by molar-refractivity contribution is -0.144. The number of nitrogens with zero attached hydrogens (tertiary/aromatic N) is 1. The Morgan fingerprint density at radius 3 is 2.44 bits per heavy atom. The van der Waals surface area contributed by atoms with Crippen molar-refractivity contribution >= 4 is 23.6 Å². The summed E-state index contributed by atoms with van der Waals surface area (Å²) in [6.07, 6.45) is 3.84. The molecule has 0 radical (unpaired) electrons. The summed E-state index contributed by atoms with van der Waals surface area (Å²) in [5, 5.41) is 5.38. The SMILES string of the molecule is CC[C@H](C)[C@@H](NC(=O)Nc1ccccc1C(=O)N1CCCCC1)C(=O)OC. The van der Waals surface area contributed by atoms with Crippen molar-refractivity contribution in [1.29, 1.82) is 0 Å². The highest BCUT2D eigenvalue weighted by Crippen LogP contribution is 2.20. The van der Waals surface area contributed by atoms with Crippen LogP contribution >= 0.6 is 0 Å². The Balaban J connectivity index is 2.11. The molecule has 1 aliphatic rings. The maximum absolute atomic E-state index is 12.8. The molecule has 0 aliphatic carbocycles. The number of likely N-dealkylation sites (tertiary alicyclic amines) is 1. The molecule has 2 N–H and O–H groups in total. The zero-order valence-corrected chi connectivity index (χ0v) is 16.3. The van der Waals surface area contributed by atoms with Crippen molar-refractivity contribution in [2.75, 3.05) is 25.5 Å². The molecule has 1 saturated heterocycles. The van der Waals surface area contributed by atoms with Crippen molar-refractivity contribution in [2.24, 2.45) is 5.92 Å². The summed E-state index contributed by atoms with van der Waals surface area (Å²) in [4.78, 5) is 39.0. The van der Waals surface area contributed by atoms with Crippen LogP contribution in [0.15, 0.2) is 24.3 Å². The van der Waals surface area contributed by atoms with Gasteiger partial charge in [-0.25, -0.2) is 9.59 Å². The number of benzene rings is 1. The van der Waals surface area contributed by atoms with Gasteiger partial charge < -0.3 is 20.3 Å². The number of urea groups is 1. The molecule has 2 atom stereocenters. The number of hydrogen-bond acceptors (Lipinski definition) is 4. The molecule has 7 nitrogen and oxygen atoms in total. The number of para-hydroxylation sites is 1. The minimum Gasteiger partial charge on any atom is -0.467 e. The topological polar surface area (TPSA) is 87.7 Å². The number of esters is 1. The zero-order valence-electron chi connectivity index (χ0n) is 16.3. The van der Waals surface area contributed by atoms with E-state index in [-0.39, 0.29) is 11.8 Å². The van der Waals surface area contributed by atoms with Crippen molar-refractivity contribution < 1.29 is 19.1 Å². The van der Waals surface area contributed by atoms with Crippen LogP contribution in [-0.4, -0.2) is 49.0 Å². The molecule has 0 saturated carbocycles. The molecule has 0 bridgehead atoms. The molecule has 1 fully saturated rings. The van der Waals surface area contributed by atoms with Gasteiger partial charge in [0.15, 0.2) is 0 Å². The van der Waals surface area contributed by atoms with E-state index in [2.05, 4.69) is 10.6 Å². The number of rotatable bonds is 6. The Kier molecular flexibility index (Phi) is 7.64. The van der Waals surface area contributed by atoms with Gasteiger partial charge in [-0.05, 0) is 37.3 Å². The van der Waals surface area contributed by atoms with Crippen LogP contribution in [0.5, 0.6) is 0 Å². The summed E-state index contributed by atoms with van der Waals surface area (Å²) in [6, 6.07) is 5.65. The Morgan fingerprint density at radius 2 is 1.81 bits per heavy atom. The fraction of sp³-hybridized carbons (Fsp3) is 0.550. The number of carbonyl (C=O) groups is 3. The molecule has 0 aromatic heterocycles. The van der Waals surface area contributed by atoms with Crippen molar-refractivity contribution in [3.05, 3.63) is 29.8 Å². The predicted molar refractivity (Wildman–Crippen MR) is 104 cm³/mol. The van der Waals surface area contributed by atoms with Gasteiger partial charge in [0.05, 0.1) is 18.4 Å². The summed E-state index contributed by atoms with van der Waals surface area (Å²) in [6.45, 7) is 5.28. The fourth-order valence-electron chi connectivity index (χ4n) is 3.14. The third-order valence-electron chi connectivity index (χ3n) is 5.00. The molecule has 0 unspecified atom stereocenters. The van der Waals surface area contributed by atoms with E-state index >= 15 is 0 Å². The van der Waals surface area contributed by atoms with Gasteiger partial charge in [-0.15, -0.1) is 0 Å². The molecular formula is C20H29N3O4. The van der Waals surface area contributed by atoms with Gasteiger partial charge in [-0.2, -0.15) is 0 Å². The van der Waals surface area contributed by atoms with Gasteiger partial charge in [0.1, 0.15) is 6.04 Å². The summed E-state index contributed by atoms with van der Waals surface area (Å²) >= 11 is 0. The van der Waals surface area contributed by atoms with Crippen LogP contribution < -0.4 is 10.6 Å². The van der Waals surface area contributed by atoms with Gasteiger partial charge in [0, 0.05) is 13.1 Å². The normalized spacial score (nSPS) is 16.2. The molecule has 3 amide bonds. The molecular weight excluding hydrogens is 346 g/mol. The lowest BCUT2D eigenvalue weighted by atomic mass is 9.99. The molecule has 1 heterocycles. The van der Waals surface area contributed by atoms with Gasteiger partial charge in [0.2, 0.25) is 0 Å². The first-order valence-corrected chi connectivity index (χ1v) is 9.51. The first-order chi connectivity index (χ1) is 13.0. The van der Waals surface area contributed by atoms with Crippen LogP contribution in [0.25, 0.3) is 0 Å². The fourth-order valence-corrected chi connectivity index (χ4v) is 3.14. The lowest BCUT2D eigenvalue weighted by Gasteiger charge is -2.27. The molecule has 0 spiro atoms. The third-order valence-corrected chi connectivity index (χ3v) is 5.00. The van der Waals surface area contributed by atoms with Crippen LogP contribution in [0.1, 0.15) is 49.9 Å². The van der Waals surface area contributed by atoms with Gasteiger partial charge in [-0.3, -0.25) is 4.79 Å². The molecule has 1 aromatic carbocycles. The number of nitrogens with one attached hydrogen (secondary N) is 2. The highest BCUT2D eigenvalue weighted by Gasteiger charge is 2.27. The van der Waals surface area contributed by atoms with Gasteiger partial charge in [-0.1, -0.05) is 32.4 Å². The van der Waals surface area contributed by atoms with Gasteiger partial charge >= 0.3 is 12.0 Å². The summed E-state index contributed by atoms with van der Waals surface area (Å²) in [5.74, 6) is -0.650. The maximum atomic E-state index is 12.8. The molecule has 2 rings (SSSR count). The minimum absolute atomic E-state index is 0.0755. The van der Waals surface area contributed by atoms with E-state index in [0.717, 1.165) is 32.4 Å².